The number of ether oxygens (including phenoxy) is 1. The second-order valence-electron chi connectivity index (χ2n) is 8.51. The maximum Gasteiger partial charge on any atom is 0.262 e. The maximum atomic E-state index is 13.5. The van der Waals surface area contributed by atoms with Crippen molar-refractivity contribution >= 4 is 27.5 Å². The van der Waals surface area contributed by atoms with Gasteiger partial charge in [0.15, 0.2) is 6.10 Å². The SMILES string of the molecule is CS(=O)(=O)N1CCC[C@@H](C(=O)N2C[C@@H](C(=O)NCCc3ccccc3)Oc3ccccc32)C1. The van der Waals surface area contributed by atoms with Crippen LogP contribution in [0.1, 0.15) is 18.4 Å². The molecule has 0 unspecified atom stereocenters. The van der Waals surface area contributed by atoms with E-state index in [9.17, 15) is 18.0 Å². The molecule has 1 fully saturated rings. The normalized spacial score (nSPS) is 21.1. The van der Waals surface area contributed by atoms with Crippen LogP contribution >= 0.6 is 0 Å². The topological polar surface area (TPSA) is 96.0 Å². The van der Waals surface area contributed by atoms with Crippen LogP contribution in [0.5, 0.6) is 5.75 Å². The molecule has 2 heterocycles. The molecule has 1 N–H and O–H groups in total. The van der Waals surface area contributed by atoms with Gasteiger partial charge in [-0.2, -0.15) is 0 Å². The molecule has 2 amide bonds. The van der Waals surface area contributed by atoms with Crippen molar-refractivity contribution in [2.24, 2.45) is 5.92 Å². The first-order valence-electron chi connectivity index (χ1n) is 11.2. The highest BCUT2D eigenvalue weighted by atomic mass is 32.2. The number of rotatable bonds is 6. The van der Waals surface area contributed by atoms with Gasteiger partial charge in [-0.1, -0.05) is 42.5 Å². The first-order chi connectivity index (χ1) is 15.8. The standard InChI is InChI=1S/C24H29N3O5S/c1-33(30,31)26-15-7-10-19(16-26)24(29)27-17-22(32-21-12-6-5-11-20(21)27)23(28)25-14-13-18-8-3-2-4-9-18/h2-6,8-9,11-12,19,22H,7,10,13-17H2,1H3,(H,25,28)/t19-,22+/m1/s1. The van der Waals surface area contributed by atoms with Gasteiger partial charge in [0.25, 0.3) is 5.91 Å². The van der Waals surface area contributed by atoms with Gasteiger partial charge in [0.05, 0.1) is 24.4 Å². The number of anilines is 1. The van der Waals surface area contributed by atoms with Gasteiger partial charge < -0.3 is 15.0 Å². The molecule has 0 saturated carbocycles. The van der Waals surface area contributed by atoms with Crippen LogP contribution in [0.2, 0.25) is 0 Å². The lowest BCUT2D eigenvalue weighted by atomic mass is 9.97. The van der Waals surface area contributed by atoms with Gasteiger partial charge >= 0.3 is 0 Å². The Balaban J connectivity index is 1.46. The van der Waals surface area contributed by atoms with E-state index in [1.807, 2.05) is 36.4 Å². The molecule has 176 valence electrons. The zero-order valence-corrected chi connectivity index (χ0v) is 19.5. The van der Waals surface area contributed by atoms with E-state index in [2.05, 4.69) is 5.32 Å². The number of amides is 2. The van der Waals surface area contributed by atoms with E-state index in [4.69, 9.17) is 4.74 Å². The van der Waals surface area contributed by atoms with Crippen LogP contribution in [0.15, 0.2) is 54.6 Å². The summed E-state index contributed by atoms with van der Waals surface area (Å²) in [4.78, 5) is 27.9. The van der Waals surface area contributed by atoms with Gasteiger partial charge in [0.2, 0.25) is 15.9 Å². The highest BCUT2D eigenvalue weighted by Crippen LogP contribution is 2.35. The molecule has 2 atom stereocenters. The van der Waals surface area contributed by atoms with Gasteiger partial charge in [0, 0.05) is 19.6 Å². The quantitative estimate of drug-likeness (QED) is 0.693. The Bertz CT molecular complexity index is 1110. The van der Waals surface area contributed by atoms with Crippen LogP contribution in [-0.4, -0.2) is 63.1 Å². The van der Waals surface area contributed by atoms with Crippen molar-refractivity contribution in [3.63, 3.8) is 0 Å². The molecule has 33 heavy (non-hydrogen) atoms. The summed E-state index contributed by atoms with van der Waals surface area (Å²) in [7, 11) is -3.37. The molecule has 0 radical (unpaired) electrons. The highest BCUT2D eigenvalue weighted by Gasteiger charge is 2.38. The van der Waals surface area contributed by atoms with E-state index in [0.717, 1.165) is 5.56 Å². The van der Waals surface area contributed by atoms with E-state index in [1.54, 1.807) is 23.1 Å². The largest absolute Gasteiger partial charge is 0.477 e. The van der Waals surface area contributed by atoms with Crippen molar-refractivity contribution in [3.05, 3.63) is 60.2 Å². The molecule has 8 nitrogen and oxygen atoms in total. The fourth-order valence-electron chi connectivity index (χ4n) is 4.33. The van der Waals surface area contributed by atoms with Crippen LogP contribution in [-0.2, 0) is 26.0 Å². The van der Waals surface area contributed by atoms with E-state index < -0.39 is 22.0 Å². The van der Waals surface area contributed by atoms with Crippen LogP contribution in [0.4, 0.5) is 5.69 Å². The average Bonchev–Trinajstić information content (AvgIpc) is 2.83. The summed E-state index contributed by atoms with van der Waals surface area (Å²) in [5, 5.41) is 2.91. The van der Waals surface area contributed by atoms with Gasteiger partial charge in [0.1, 0.15) is 5.75 Å². The van der Waals surface area contributed by atoms with Crippen molar-refractivity contribution in [2.45, 2.75) is 25.4 Å². The summed E-state index contributed by atoms with van der Waals surface area (Å²) in [5.41, 5.74) is 1.73. The first-order valence-corrected chi connectivity index (χ1v) is 13.0. The predicted octanol–water partition coefficient (Wildman–Crippen LogP) is 1.81. The number of carbonyl (C=O) groups excluding carboxylic acids is 2. The van der Waals surface area contributed by atoms with E-state index in [1.165, 1.54) is 10.6 Å². The molecule has 0 aliphatic carbocycles. The fourth-order valence-corrected chi connectivity index (χ4v) is 5.25. The van der Waals surface area contributed by atoms with E-state index in [-0.39, 0.29) is 24.9 Å². The minimum absolute atomic E-state index is 0.0857. The number of piperidine rings is 1. The van der Waals surface area contributed by atoms with Crippen molar-refractivity contribution in [1.82, 2.24) is 9.62 Å². The Hall–Kier alpha value is -2.91. The lowest BCUT2D eigenvalue weighted by molar-refractivity contribution is -0.129. The Morgan fingerprint density at radius 3 is 2.55 bits per heavy atom. The second kappa shape index (κ2) is 9.93. The molecule has 0 bridgehead atoms. The highest BCUT2D eigenvalue weighted by molar-refractivity contribution is 7.88. The number of fused-ring (bicyclic) bond motifs is 1. The molecule has 2 aromatic rings. The van der Waals surface area contributed by atoms with Crippen molar-refractivity contribution in [1.29, 1.82) is 0 Å². The Kier molecular flexibility index (Phi) is 6.99. The summed E-state index contributed by atoms with van der Waals surface area (Å²) in [5.74, 6) is -0.446. The molecule has 4 rings (SSSR count). The zero-order valence-electron chi connectivity index (χ0n) is 18.6. The fraction of sp³-hybridized carbons (Fsp3) is 0.417. The number of benzene rings is 2. The van der Waals surface area contributed by atoms with Gasteiger partial charge in [-0.15, -0.1) is 0 Å². The number of nitrogens with one attached hydrogen (secondary N) is 1. The monoisotopic (exact) mass is 471 g/mol. The Labute approximate surface area is 194 Å². The molecule has 2 aromatic carbocycles. The predicted molar refractivity (Wildman–Crippen MR) is 126 cm³/mol. The summed E-state index contributed by atoms with van der Waals surface area (Å²) in [6.07, 6.45) is 2.26. The third kappa shape index (κ3) is 5.54. The first kappa shape index (κ1) is 23.3. The molecule has 2 aliphatic heterocycles. The van der Waals surface area contributed by atoms with Crippen molar-refractivity contribution < 1.29 is 22.7 Å². The van der Waals surface area contributed by atoms with E-state index in [0.29, 0.717) is 43.8 Å². The van der Waals surface area contributed by atoms with Crippen LogP contribution in [0.25, 0.3) is 0 Å². The number of hydrogen-bond acceptors (Lipinski definition) is 5. The second-order valence-corrected chi connectivity index (χ2v) is 10.5. The molecule has 0 spiro atoms. The Morgan fingerprint density at radius 1 is 1.06 bits per heavy atom. The molecule has 1 saturated heterocycles. The molecular weight excluding hydrogens is 442 g/mol. The number of sulfonamides is 1. The minimum Gasteiger partial charge on any atom is -0.477 e. The molecular formula is C24H29N3O5S. The third-order valence-electron chi connectivity index (χ3n) is 6.09. The number of para-hydroxylation sites is 2. The lowest BCUT2D eigenvalue weighted by Gasteiger charge is -2.38. The van der Waals surface area contributed by atoms with Crippen LogP contribution < -0.4 is 15.0 Å². The third-order valence-corrected chi connectivity index (χ3v) is 7.36. The van der Waals surface area contributed by atoms with E-state index >= 15 is 0 Å². The maximum absolute atomic E-state index is 13.5. The number of carbonyl (C=O) groups is 2. The zero-order chi connectivity index (χ0) is 23.4. The van der Waals surface area contributed by atoms with Crippen LogP contribution in [0, 0.1) is 5.92 Å². The molecule has 0 aromatic heterocycles. The smallest absolute Gasteiger partial charge is 0.262 e. The average molecular weight is 472 g/mol. The molecule has 2 aliphatic rings. The van der Waals surface area contributed by atoms with Crippen molar-refractivity contribution in [3.8, 4) is 5.75 Å². The van der Waals surface area contributed by atoms with Gasteiger partial charge in [-0.05, 0) is 37.0 Å². The van der Waals surface area contributed by atoms with Crippen molar-refractivity contribution in [2.75, 3.05) is 37.3 Å². The van der Waals surface area contributed by atoms with Gasteiger partial charge in [-0.25, -0.2) is 12.7 Å². The van der Waals surface area contributed by atoms with Gasteiger partial charge in [-0.3, -0.25) is 9.59 Å². The Morgan fingerprint density at radius 2 is 1.79 bits per heavy atom. The van der Waals surface area contributed by atoms with Crippen LogP contribution in [0.3, 0.4) is 0 Å². The summed E-state index contributed by atoms with van der Waals surface area (Å²) >= 11 is 0. The summed E-state index contributed by atoms with van der Waals surface area (Å²) in [6.45, 7) is 1.13. The number of hydrogen-bond donors (Lipinski definition) is 1. The minimum atomic E-state index is -3.37. The molecule has 9 heteroatoms. The lowest BCUT2D eigenvalue weighted by Crippen LogP contribution is -2.54. The summed E-state index contributed by atoms with van der Waals surface area (Å²) in [6, 6.07) is 17.0. The number of nitrogens with zero attached hydrogens (tertiary/aromatic N) is 2. The summed E-state index contributed by atoms with van der Waals surface area (Å²) < 4.78 is 31.3.